The van der Waals surface area contributed by atoms with E-state index in [4.69, 9.17) is 19.5 Å². The SMILES string of the molecule is Cc1cc(C)c(-c2cc(Oc3[c-]c4c(cc3)c3cc(C(C)(C)C)ccc3n4-c3cc(C(C)(C)C)ccn3)[c-]c(C3=N[C@](C)(C(C(C)C)C(C)C)CO3)c2)c(C)c1.[Pt+2]. The zero-order valence-corrected chi connectivity index (χ0v) is 38.6. The number of nitrogens with zero attached hydrogens (tertiary/aromatic N) is 3. The number of fused-ring (bicyclic) bond motifs is 3. The molecule has 300 valence electrons. The van der Waals surface area contributed by atoms with Gasteiger partial charge in [-0.3, -0.25) is 4.99 Å². The molecule has 0 saturated heterocycles. The van der Waals surface area contributed by atoms with Gasteiger partial charge in [-0.15, -0.1) is 23.6 Å². The molecule has 0 amide bonds. The third-order valence-corrected chi connectivity index (χ3v) is 11.6. The first-order chi connectivity index (χ1) is 26.2. The topological polar surface area (TPSA) is 48.6 Å². The summed E-state index contributed by atoms with van der Waals surface area (Å²) in [6, 6.07) is 31.3. The Morgan fingerprint density at radius 3 is 2.04 bits per heavy atom. The Balaban J connectivity index is 0.00000549. The van der Waals surface area contributed by atoms with E-state index in [0.717, 1.165) is 33.4 Å². The van der Waals surface area contributed by atoms with E-state index in [-0.39, 0.29) is 37.4 Å². The minimum atomic E-state index is -0.338. The molecule has 0 spiro atoms. The number of ether oxygens (including phenoxy) is 2. The maximum absolute atomic E-state index is 6.82. The predicted molar refractivity (Wildman–Crippen MR) is 234 cm³/mol. The molecule has 2 aromatic heterocycles. The molecule has 7 rings (SSSR count). The Morgan fingerprint density at radius 2 is 1.40 bits per heavy atom. The predicted octanol–water partition coefficient (Wildman–Crippen LogP) is 13.2. The molecule has 1 aliphatic rings. The average Bonchev–Trinajstić information content (AvgIpc) is 3.64. The second kappa shape index (κ2) is 15.5. The van der Waals surface area contributed by atoms with Gasteiger partial charge in [-0.25, -0.2) is 4.98 Å². The van der Waals surface area contributed by atoms with E-state index in [1.807, 2.05) is 12.3 Å². The Kier molecular flexibility index (Phi) is 11.5. The summed E-state index contributed by atoms with van der Waals surface area (Å²) in [4.78, 5) is 10.2. The first-order valence-corrected chi connectivity index (χ1v) is 20.3. The largest absolute Gasteiger partial charge is 2.00 e. The number of benzene rings is 4. The maximum atomic E-state index is 6.82. The molecule has 1 aliphatic heterocycles. The van der Waals surface area contributed by atoms with Gasteiger partial charge in [0.15, 0.2) is 0 Å². The minimum Gasteiger partial charge on any atom is -0.518 e. The van der Waals surface area contributed by atoms with E-state index in [9.17, 15) is 0 Å². The maximum Gasteiger partial charge on any atom is 2.00 e. The molecule has 1 atom stereocenters. The van der Waals surface area contributed by atoms with Crippen molar-refractivity contribution in [2.45, 2.75) is 113 Å². The summed E-state index contributed by atoms with van der Waals surface area (Å²) in [5, 5.41) is 2.27. The summed E-state index contributed by atoms with van der Waals surface area (Å²) in [6.45, 7) is 31.9. The number of aryl methyl sites for hydroxylation is 3. The molecule has 0 fully saturated rings. The molecule has 0 radical (unpaired) electrons. The van der Waals surface area contributed by atoms with E-state index < -0.39 is 0 Å². The minimum absolute atomic E-state index is 0. The third-order valence-electron chi connectivity index (χ3n) is 11.6. The van der Waals surface area contributed by atoms with Crippen LogP contribution in [0.1, 0.15) is 110 Å². The van der Waals surface area contributed by atoms with Crippen LogP contribution >= 0.6 is 0 Å². The third kappa shape index (κ3) is 8.24. The second-order valence-electron chi connectivity index (χ2n) is 19.2. The van der Waals surface area contributed by atoms with Gasteiger partial charge in [-0.2, -0.15) is 6.07 Å². The van der Waals surface area contributed by atoms with Crippen LogP contribution in [0.2, 0.25) is 0 Å². The fraction of sp³-hybridized carbons (Fsp3) is 0.412. The molecule has 0 saturated carbocycles. The first kappa shape index (κ1) is 42.4. The summed E-state index contributed by atoms with van der Waals surface area (Å²) in [5.74, 6) is 3.95. The molecule has 3 heterocycles. The number of aliphatic imine (C=N–C) groups is 1. The summed E-state index contributed by atoms with van der Waals surface area (Å²) >= 11 is 0. The zero-order chi connectivity index (χ0) is 40.5. The molecule has 0 N–H and O–H groups in total. The quantitative estimate of drug-likeness (QED) is 0.143. The number of pyridine rings is 1. The van der Waals surface area contributed by atoms with Crippen LogP contribution in [-0.2, 0) is 36.6 Å². The van der Waals surface area contributed by atoms with Crippen molar-refractivity contribution in [1.29, 1.82) is 0 Å². The second-order valence-corrected chi connectivity index (χ2v) is 19.2. The van der Waals surface area contributed by atoms with Crippen LogP contribution < -0.4 is 4.74 Å². The van der Waals surface area contributed by atoms with Crippen LogP contribution in [0.4, 0.5) is 0 Å². The van der Waals surface area contributed by atoms with E-state index in [0.29, 0.717) is 41.8 Å². The van der Waals surface area contributed by atoms with Crippen molar-refractivity contribution in [1.82, 2.24) is 9.55 Å². The van der Waals surface area contributed by atoms with Gasteiger partial charge in [0, 0.05) is 23.2 Å². The van der Waals surface area contributed by atoms with Gasteiger partial charge in [0.2, 0.25) is 0 Å². The Hall–Kier alpha value is -4.21. The first-order valence-electron chi connectivity index (χ1n) is 20.3. The fourth-order valence-electron chi connectivity index (χ4n) is 9.33. The van der Waals surface area contributed by atoms with Crippen LogP contribution in [0.25, 0.3) is 38.8 Å². The molecule has 4 aromatic carbocycles. The summed E-state index contributed by atoms with van der Waals surface area (Å²) in [6.07, 6.45) is 1.91. The summed E-state index contributed by atoms with van der Waals surface area (Å²) in [7, 11) is 0. The number of hydrogen-bond acceptors (Lipinski definition) is 4. The van der Waals surface area contributed by atoms with E-state index in [2.05, 4.69) is 174 Å². The molecule has 6 aromatic rings. The van der Waals surface area contributed by atoms with Crippen molar-refractivity contribution in [3.05, 3.63) is 118 Å². The number of aromatic nitrogens is 2. The Bertz CT molecular complexity index is 2460. The van der Waals surface area contributed by atoms with Gasteiger partial charge in [-0.1, -0.05) is 128 Å². The van der Waals surface area contributed by atoms with Crippen molar-refractivity contribution in [2.24, 2.45) is 22.7 Å². The molecule has 57 heavy (non-hydrogen) atoms. The summed E-state index contributed by atoms with van der Waals surface area (Å²) in [5.41, 5.74) is 10.8. The van der Waals surface area contributed by atoms with Crippen LogP contribution in [0.3, 0.4) is 0 Å². The van der Waals surface area contributed by atoms with Gasteiger partial charge in [0.25, 0.3) is 0 Å². The Morgan fingerprint density at radius 1 is 0.754 bits per heavy atom. The van der Waals surface area contributed by atoms with Crippen molar-refractivity contribution >= 4 is 27.7 Å². The van der Waals surface area contributed by atoms with Gasteiger partial charge in [0.05, 0.1) is 5.54 Å². The fourth-order valence-corrected chi connectivity index (χ4v) is 9.33. The number of hydrogen-bond donors (Lipinski definition) is 0. The molecular weight excluding hydrogens is 882 g/mol. The molecular formula is C51H59N3O2Pt. The van der Waals surface area contributed by atoms with Crippen LogP contribution in [0, 0.1) is 50.7 Å². The molecule has 0 bridgehead atoms. The monoisotopic (exact) mass is 940 g/mol. The molecule has 6 heteroatoms. The average molecular weight is 941 g/mol. The van der Waals surface area contributed by atoms with Gasteiger partial charge in [0.1, 0.15) is 18.3 Å². The van der Waals surface area contributed by atoms with Gasteiger partial charge >= 0.3 is 21.1 Å². The standard InChI is InChI=1S/C51H59N3O2.Pt/c1-30(2)47(31(3)4)51(14)29-55-48(53-51)36-23-35(46-33(6)21-32(5)22-34(46)7)24-40(25-36)56-39-16-17-41-42-26-37(49(8,9)10)15-18-43(42)54(44(41)28-39)45-27-38(19-20-52-45)50(11,12)13;/h15-24,26-27,30-31,47H,29H2,1-14H3;/q-2;+2/t51-;/m0./s1. The van der Waals surface area contributed by atoms with Crippen LogP contribution in [0.5, 0.6) is 11.5 Å². The van der Waals surface area contributed by atoms with E-state index in [1.165, 1.54) is 38.8 Å². The molecule has 5 nitrogen and oxygen atoms in total. The number of rotatable bonds is 8. The Labute approximate surface area is 355 Å². The van der Waals surface area contributed by atoms with Crippen molar-refractivity contribution < 1.29 is 30.5 Å². The smallest absolute Gasteiger partial charge is 0.518 e. The van der Waals surface area contributed by atoms with Crippen molar-refractivity contribution in [2.75, 3.05) is 6.61 Å². The normalized spacial score (nSPS) is 16.1. The van der Waals surface area contributed by atoms with Crippen LogP contribution in [-0.4, -0.2) is 27.6 Å². The van der Waals surface area contributed by atoms with E-state index >= 15 is 0 Å². The van der Waals surface area contributed by atoms with Crippen molar-refractivity contribution in [3.8, 4) is 28.4 Å². The molecule has 0 aliphatic carbocycles. The van der Waals surface area contributed by atoms with Crippen LogP contribution in [0.15, 0.2) is 77.9 Å². The van der Waals surface area contributed by atoms with E-state index in [1.54, 1.807) is 0 Å². The molecule has 0 unspecified atom stereocenters. The van der Waals surface area contributed by atoms with Gasteiger partial charge < -0.3 is 14.0 Å². The zero-order valence-electron chi connectivity index (χ0n) is 36.3. The summed E-state index contributed by atoms with van der Waals surface area (Å²) < 4.78 is 15.5. The van der Waals surface area contributed by atoms with Crippen molar-refractivity contribution in [3.63, 3.8) is 0 Å². The van der Waals surface area contributed by atoms with Gasteiger partial charge in [-0.05, 0) is 108 Å².